The van der Waals surface area contributed by atoms with Crippen LogP contribution in [0.1, 0.15) is 10.7 Å². The van der Waals surface area contributed by atoms with E-state index in [2.05, 4.69) is 15.6 Å². The molecule has 19 heavy (non-hydrogen) atoms. The summed E-state index contributed by atoms with van der Waals surface area (Å²) in [5, 5.41) is 19.9. The van der Waals surface area contributed by atoms with Crippen molar-refractivity contribution in [3.63, 3.8) is 0 Å². The molecule has 1 aromatic heterocycles. The molecule has 0 aliphatic carbocycles. The predicted molar refractivity (Wildman–Crippen MR) is 76.8 cm³/mol. The average molecular weight is 278 g/mol. The second-order valence-corrected chi connectivity index (χ2v) is 5.05. The lowest BCUT2D eigenvalue weighted by Gasteiger charge is -2.07. The number of hydrogen-bond acceptors (Lipinski definition) is 6. The van der Waals surface area contributed by atoms with Gasteiger partial charge in [-0.3, -0.25) is 10.1 Å². The van der Waals surface area contributed by atoms with Crippen LogP contribution in [0, 0.1) is 17.0 Å². The van der Waals surface area contributed by atoms with Crippen LogP contribution in [0.25, 0.3) is 0 Å². The largest absolute Gasteiger partial charge is 0.388 e. The summed E-state index contributed by atoms with van der Waals surface area (Å²) in [6, 6.07) is 4.84. The lowest BCUT2D eigenvalue weighted by atomic mass is 10.2. The molecule has 2 rings (SSSR count). The Morgan fingerprint density at radius 2 is 2.11 bits per heavy atom. The highest BCUT2D eigenvalue weighted by Gasteiger charge is 2.09. The van der Waals surface area contributed by atoms with Crippen LogP contribution in [0.3, 0.4) is 0 Å². The first-order valence-electron chi connectivity index (χ1n) is 5.70. The summed E-state index contributed by atoms with van der Waals surface area (Å²) in [5.74, 6) is 0. The summed E-state index contributed by atoms with van der Waals surface area (Å²) in [6.07, 6.45) is 0. The van der Waals surface area contributed by atoms with Gasteiger partial charge in [-0.15, -0.1) is 11.3 Å². The van der Waals surface area contributed by atoms with Gasteiger partial charge in [0.1, 0.15) is 0 Å². The summed E-state index contributed by atoms with van der Waals surface area (Å²) in [5.41, 5.74) is 2.39. The van der Waals surface area contributed by atoms with E-state index in [1.54, 1.807) is 18.4 Å². The Morgan fingerprint density at radius 3 is 2.68 bits per heavy atom. The molecule has 0 aliphatic rings. The second-order valence-electron chi connectivity index (χ2n) is 3.99. The van der Waals surface area contributed by atoms with Gasteiger partial charge in [0, 0.05) is 35.9 Å². The third-order valence-electron chi connectivity index (χ3n) is 2.56. The minimum Gasteiger partial charge on any atom is -0.388 e. The van der Waals surface area contributed by atoms with Gasteiger partial charge in [0.25, 0.3) is 5.69 Å². The van der Waals surface area contributed by atoms with E-state index in [-0.39, 0.29) is 5.69 Å². The number of nitrogens with zero attached hydrogens (tertiary/aromatic N) is 2. The fourth-order valence-electron chi connectivity index (χ4n) is 1.65. The van der Waals surface area contributed by atoms with Crippen LogP contribution >= 0.6 is 11.3 Å². The van der Waals surface area contributed by atoms with Gasteiger partial charge in [-0.1, -0.05) is 0 Å². The van der Waals surface area contributed by atoms with Gasteiger partial charge in [0.05, 0.1) is 22.2 Å². The number of thiazole rings is 1. The summed E-state index contributed by atoms with van der Waals surface area (Å²) in [7, 11) is 1.73. The van der Waals surface area contributed by atoms with Crippen LogP contribution < -0.4 is 10.6 Å². The summed E-state index contributed by atoms with van der Waals surface area (Å²) in [6.45, 7) is 2.50. The topological polar surface area (TPSA) is 80.1 Å². The van der Waals surface area contributed by atoms with Crippen LogP contribution in [-0.4, -0.2) is 17.0 Å². The fourth-order valence-corrected chi connectivity index (χ4v) is 2.26. The van der Waals surface area contributed by atoms with Gasteiger partial charge in [0.15, 0.2) is 0 Å². The zero-order valence-corrected chi connectivity index (χ0v) is 11.5. The van der Waals surface area contributed by atoms with E-state index < -0.39 is 4.92 Å². The van der Waals surface area contributed by atoms with Gasteiger partial charge < -0.3 is 10.6 Å². The van der Waals surface area contributed by atoms with Crippen molar-refractivity contribution in [1.29, 1.82) is 0 Å². The number of aryl methyl sites for hydroxylation is 1. The highest BCUT2D eigenvalue weighted by molar-refractivity contribution is 7.09. The van der Waals surface area contributed by atoms with Crippen molar-refractivity contribution in [1.82, 2.24) is 4.98 Å². The van der Waals surface area contributed by atoms with Crippen molar-refractivity contribution in [2.75, 3.05) is 17.7 Å². The van der Waals surface area contributed by atoms with Crippen molar-refractivity contribution in [2.24, 2.45) is 0 Å². The van der Waals surface area contributed by atoms with Crippen LogP contribution in [0.2, 0.25) is 0 Å². The maximum Gasteiger partial charge on any atom is 0.273 e. The zero-order chi connectivity index (χ0) is 13.8. The SMILES string of the molecule is CNc1cc(NCc2csc(C)n2)cc([N+](=O)[O-])c1. The first-order valence-corrected chi connectivity index (χ1v) is 6.58. The smallest absolute Gasteiger partial charge is 0.273 e. The molecule has 0 atom stereocenters. The van der Waals surface area contributed by atoms with Crippen molar-refractivity contribution < 1.29 is 4.92 Å². The number of nitro benzene ring substituents is 1. The molecular weight excluding hydrogens is 264 g/mol. The predicted octanol–water partition coefficient (Wildman–Crippen LogP) is 3.01. The Balaban J connectivity index is 2.15. The molecule has 0 unspecified atom stereocenters. The molecule has 7 heteroatoms. The molecule has 6 nitrogen and oxygen atoms in total. The lowest BCUT2D eigenvalue weighted by Crippen LogP contribution is -2.01. The number of aromatic nitrogens is 1. The van der Waals surface area contributed by atoms with E-state index in [0.29, 0.717) is 17.9 Å². The minimum absolute atomic E-state index is 0.0591. The van der Waals surface area contributed by atoms with E-state index in [1.165, 1.54) is 12.1 Å². The van der Waals surface area contributed by atoms with Crippen LogP contribution in [0.5, 0.6) is 0 Å². The number of non-ortho nitro benzene ring substituents is 1. The maximum atomic E-state index is 10.8. The highest BCUT2D eigenvalue weighted by Crippen LogP contribution is 2.24. The van der Waals surface area contributed by atoms with Gasteiger partial charge in [0.2, 0.25) is 0 Å². The first-order chi connectivity index (χ1) is 9.08. The molecule has 100 valence electrons. The third-order valence-corrected chi connectivity index (χ3v) is 3.38. The monoisotopic (exact) mass is 278 g/mol. The summed E-state index contributed by atoms with van der Waals surface area (Å²) in [4.78, 5) is 14.8. The summed E-state index contributed by atoms with van der Waals surface area (Å²) < 4.78 is 0. The van der Waals surface area contributed by atoms with E-state index in [1.807, 2.05) is 18.4 Å². The number of nitrogens with one attached hydrogen (secondary N) is 2. The standard InChI is InChI=1S/C12H14N4O2S/c1-8-15-11(7-19-8)6-14-10-3-9(13-2)4-12(5-10)16(17)18/h3-5,7,13-14H,6H2,1-2H3. The normalized spacial score (nSPS) is 10.2. The second kappa shape index (κ2) is 5.66. The number of rotatable bonds is 5. The van der Waals surface area contributed by atoms with E-state index >= 15 is 0 Å². The first kappa shape index (κ1) is 13.3. The molecule has 1 aromatic carbocycles. The molecule has 0 fully saturated rings. The summed E-state index contributed by atoms with van der Waals surface area (Å²) >= 11 is 1.58. The number of hydrogen-bond donors (Lipinski definition) is 2. The fraction of sp³-hybridized carbons (Fsp3) is 0.250. The molecule has 1 heterocycles. The number of nitro groups is 1. The van der Waals surface area contributed by atoms with E-state index in [4.69, 9.17) is 0 Å². The minimum atomic E-state index is -0.404. The molecule has 0 saturated heterocycles. The zero-order valence-electron chi connectivity index (χ0n) is 10.6. The quantitative estimate of drug-likeness (QED) is 0.649. The van der Waals surface area contributed by atoms with Gasteiger partial charge >= 0.3 is 0 Å². The van der Waals surface area contributed by atoms with Crippen molar-refractivity contribution in [3.8, 4) is 0 Å². The highest BCUT2D eigenvalue weighted by atomic mass is 32.1. The molecule has 0 spiro atoms. The van der Waals surface area contributed by atoms with E-state index in [0.717, 1.165) is 10.7 Å². The van der Waals surface area contributed by atoms with Crippen molar-refractivity contribution >= 4 is 28.4 Å². The Labute approximate surface area is 114 Å². The Morgan fingerprint density at radius 1 is 1.37 bits per heavy atom. The van der Waals surface area contributed by atoms with Crippen LogP contribution in [0.4, 0.5) is 17.1 Å². The molecule has 0 bridgehead atoms. The van der Waals surface area contributed by atoms with E-state index in [9.17, 15) is 10.1 Å². The van der Waals surface area contributed by atoms with Gasteiger partial charge in [-0.2, -0.15) is 0 Å². The number of anilines is 2. The molecule has 2 aromatic rings. The average Bonchev–Trinajstić information content (AvgIpc) is 2.81. The van der Waals surface area contributed by atoms with Crippen LogP contribution in [-0.2, 0) is 6.54 Å². The molecule has 0 aliphatic heterocycles. The molecular formula is C12H14N4O2S. The molecule has 0 amide bonds. The number of benzene rings is 1. The van der Waals surface area contributed by atoms with Crippen molar-refractivity contribution in [2.45, 2.75) is 13.5 Å². The maximum absolute atomic E-state index is 10.8. The lowest BCUT2D eigenvalue weighted by molar-refractivity contribution is -0.384. The Bertz CT molecular complexity index is 597. The van der Waals surface area contributed by atoms with Crippen molar-refractivity contribution in [3.05, 3.63) is 44.4 Å². The van der Waals surface area contributed by atoms with Gasteiger partial charge in [-0.05, 0) is 13.0 Å². The van der Waals surface area contributed by atoms with Gasteiger partial charge in [-0.25, -0.2) is 4.98 Å². The molecule has 0 radical (unpaired) electrons. The van der Waals surface area contributed by atoms with Crippen LogP contribution in [0.15, 0.2) is 23.6 Å². The Kier molecular flexibility index (Phi) is 3.96. The molecule has 2 N–H and O–H groups in total. The third kappa shape index (κ3) is 3.41. The Hall–Kier alpha value is -2.15. The molecule has 0 saturated carbocycles.